The van der Waals surface area contributed by atoms with Crippen LogP contribution in [0.25, 0.3) is 0 Å². The van der Waals surface area contributed by atoms with Crippen molar-refractivity contribution in [2.75, 3.05) is 23.3 Å². The summed E-state index contributed by atoms with van der Waals surface area (Å²) >= 11 is 0. The molecule has 0 aliphatic heterocycles. The van der Waals surface area contributed by atoms with E-state index in [9.17, 15) is 13.2 Å². The number of sulfonamides is 1. The summed E-state index contributed by atoms with van der Waals surface area (Å²) in [5, 5.41) is 16.1. The van der Waals surface area contributed by atoms with E-state index in [1.807, 2.05) is 0 Å². The van der Waals surface area contributed by atoms with Gasteiger partial charge < -0.3 is 16.2 Å². The first-order chi connectivity index (χ1) is 7.79. The fourth-order valence-electron chi connectivity index (χ4n) is 1.06. The van der Waals surface area contributed by atoms with Crippen molar-refractivity contribution in [1.82, 2.24) is 4.98 Å². The minimum absolute atomic E-state index is 0.0421. The summed E-state index contributed by atoms with van der Waals surface area (Å²) in [6.45, 7) is 0.0441. The van der Waals surface area contributed by atoms with E-state index in [0.717, 1.165) is 6.20 Å². The molecule has 0 saturated heterocycles. The van der Waals surface area contributed by atoms with E-state index in [0.29, 0.717) is 0 Å². The maximum atomic E-state index is 10.7. The molecule has 8 nitrogen and oxygen atoms in total. The van der Waals surface area contributed by atoms with Crippen LogP contribution in [0.1, 0.15) is 10.4 Å². The molecular formula is C8H12N4O4S. The van der Waals surface area contributed by atoms with Crippen LogP contribution >= 0.6 is 0 Å². The second kappa shape index (κ2) is 4.97. The number of nitrogen functional groups attached to an aromatic ring is 1. The molecule has 1 aromatic rings. The number of nitrogens with one attached hydrogen (secondary N) is 1. The number of primary sulfonamides is 1. The lowest BCUT2D eigenvalue weighted by atomic mass is 10.2. The van der Waals surface area contributed by atoms with Gasteiger partial charge in [0.25, 0.3) is 0 Å². The molecule has 94 valence electrons. The molecule has 0 aliphatic carbocycles. The quantitative estimate of drug-likeness (QED) is 0.534. The van der Waals surface area contributed by atoms with Crippen molar-refractivity contribution in [2.24, 2.45) is 5.14 Å². The molecule has 0 aliphatic rings. The average Bonchev–Trinajstić information content (AvgIpc) is 2.18. The van der Waals surface area contributed by atoms with E-state index in [1.54, 1.807) is 0 Å². The Morgan fingerprint density at radius 1 is 1.53 bits per heavy atom. The summed E-state index contributed by atoms with van der Waals surface area (Å²) in [7, 11) is -3.55. The standard InChI is InChI=1S/C8H12N4O4S/c9-6-3-5(8(13)14)4-12-7(6)11-1-2-17(10,15)16/h3-4H,1-2,9H2,(H,11,12)(H,13,14)(H2,10,15,16). The molecule has 17 heavy (non-hydrogen) atoms. The molecular weight excluding hydrogens is 248 g/mol. The van der Waals surface area contributed by atoms with Gasteiger partial charge in [0.2, 0.25) is 10.0 Å². The molecule has 0 aromatic carbocycles. The Morgan fingerprint density at radius 3 is 2.65 bits per heavy atom. The molecule has 9 heteroatoms. The fraction of sp³-hybridized carbons (Fsp3) is 0.250. The summed E-state index contributed by atoms with van der Waals surface area (Å²) in [6.07, 6.45) is 1.12. The lowest BCUT2D eigenvalue weighted by Gasteiger charge is -2.07. The number of hydrogen-bond acceptors (Lipinski definition) is 6. The first-order valence-electron chi connectivity index (χ1n) is 4.53. The topological polar surface area (TPSA) is 148 Å². The van der Waals surface area contributed by atoms with Crippen LogP contribution in [0.5, 0.6) is 0 Å². The molecule has 0 bridgehead atoms. The minimum atomic E-state index is -3.55. The molecule has 6 N–H and O–H groups in total. The number of pyridine rings is 1. The van der Waals surface area contributed by atoms with Crippen molar-refractivity contribution in [2.45, 2.75) is 0 Å². The van der Waals surface area contributed by atoms with Crippen molar-refractivity contribution in [3.63, 3.8) is 0 Å². The van der Waals surface area contributed by atoms with Crippen LogP contribution in [-0.2, 0) is 10.0 Å². The largest absolute Gasteiger partial charge is 0.478 e. The Balaban J connectivity index is 2.70. The van der Waals surface area contributed by atoms with Gasteiger partial charge in [0.05, 0.1) is 17.0 Å². The van der Waals surface area contributed by atoms with Crippen molar-refractivity contribution in [1.29, 1.82) is 0 Å². The highest BCUT2D eigenvalue weighted by Crippen LogP contribution is 2.15. The number of aromatic nitrogens is 1. The Morgan fingerprint density at radius 2 is 2.18 bits per heavy atom. The third-order valence-corrected chi connectivity index (χ3v) is 2.62. The zero-order chi connectivity index (χ0) is 13.1. The smallest absolute Gasteiger partial charge is 0.337 e. The summed E-state index contributed by atoms with van der Waals surface area (Å²) in [5.74, 6) is -1.19. The molecule has 0 amide bonds. The molecule has 1 aromatic heterocycles. The van der Waals surface area contributed by atoms with Gasteiger partial charge in [0, 0.05) is 12.7 Å². The van der Waals surface area contributed by atoms with Gasteiger partial charge in [-0.1, -0.05) is 0 Å². The van der Waals surface area contributed by atoms with E-state index in [4.69, 9.17) is 16.0 Å². The number of nitrogens with zero attached hydrogens (tertiary/aromatic N) is 1. The highest BCUT2D eigenvalue weighted by Gasteiger charge is 2.08. The lowest BCUT2D eigenvalue weighted by molar-refractivity contribution is 0.0696. The van der Waals surface area contributed by atoms with Gasteiger partial charge in [-0.15, -0.1) is 0 Å². The summed E-state index contributed by atoms with van der Waals surface area (Å²) < 4.78 is 21.3. The Labute approximate surface area is 97.7 Å². The van der Waals surface area contributed by atoms with Crippen LogP contribution in [0.2, 0.25) is 0 Å². The van der Waals surface area contributed by atoms with Gasteiger partial charge >= 0.3 is 5.97 Å². The zero-order valence-electron chi connectivity index (χ0n) is 8.75. The molecule has 0 radical (unpaired) electrons. The van der Waals surface area contributed by atoms with Crippen LogP contribution < -0.4 is 16.2 Å². The van der Waals surface area contributed by atoms with E-state index >= 15 is 0 Å². The van der Waals surface area contributed by atoms with Gasteiger partial charge in [0.1, 0.15) is 5.82 Å². The number of anilines is 2. The molecule has 0 atom stereocenters. The minimum Gasteiger partial charge on any atom is -0.478 e. The van der Waals surface area contributed by atoms with Gasteiger partial charge in [-0.2, -0.15) is 0 Å². The number of carboxylic acid groups (broad SMARTS) is 1. The van der Waals surface area contributed by atoms with E-state index in [2.05, 4.69) is 10.3 Å². The summed E-state index contributed by atoms with van der Waals surface area (Å²) in [6, 6.07) is 1.23. The normalized spacial score (nSPS) is 11.1. The van der Waals surface area contributed by atoms with Gasteiger partial charge in [-0.3, -0.25) is 0 Å². The van der Waals surface area contributed by atoms with Gasteiger partial charge in [0.15, 0.2) is 0 Å². The zero-order valence-corrected chi connectivity index (χ0v) is 9.57. The van der Waals surface area contributed by atoms with Crippen LogP contribution in [0, 0.1) is 0 Å². The maximum absolute atomic E-state index is 10.7. The molecule has 1 rings (SSSR count). The third kappa shape index (κ3) is 4.25. The highest BCUT2D eigenvalue weighted by molar-refractivity contribution is 7.89. The maximum Gasteiger partial charge on any atom is 0.337 e. The monoisotopic (exact) mass is 260 g/mol. The number of hydrogen-bond donors (Lipinski definition) is 4. The van der Waals surface area contributed by atoms with Crippen LogP contribution in [0.15, 0.2) is 12.3 Å². The number of aromatic carboxylic acids is 1. The molecule has 0 fully saturated rings. The van der Waals surface area contributed by atoms with Crippen molar-refractivity contribution in [3.05, 3.63) is 17.8 Å². The summed E-state index contributed by atoms with van der Waals surface area (Å²) in [5.41, 5.74) is 5.62. The van der Waals surface area contributed by atoms with Crippen LogP contribution in [-0.4, -0.2) is 36.8 Å². The predicted molar refractivity (Wildman–Crippen MR) is 62.1 cm³/mol. The van der Waals surface area contributed by atoms with Crippen LogP contribution in [0.3, 0.4) is 0 Å². The first kappa shape index (κ1) is 13.2. The van der Waals surface area contributed by atoms with Gasteiger partial charge in [-0.25, -0.2) is 23.3 Å². The van der Waals surface area contributed by atoms with Crippen molar-refractivity contribution >= 4 is 27.5 Å². The second-order valence-corrected chi connectivity index (χ2v) is 4.99. The fourth-order valence-corrected chi connectivity index (χ4v) is 1.44. The molecule has 0 unspecified atom stereocenters. The van der Waals surface area contributed by atoms with E-state index in [-0.39, 0.29) is 29.4 Å². The molecule has 1 heterocycles. The lowest BCUT2D eigenvalue weighted by Crippen LogP contribution is -2.23. The SMILES string of the molecule is Nc1cc(C(=O)O)cnc1NCCS(N)(=O)=O. The predicted octanol–water partition coefficient (Wildman–Crippen LogP) is -0.938. The van der Waals surface area contributed by atoms with E-state index < -0.39 is 16.0 Å². The van der Waals surface area contributed by atoms with Crippen molar-refractivity contribution in [3.8, 4) is 0 Å². The van der Waals surface area contributed by atoms with Crippen LogP contribution in [0.4, 0.5) is 11.5 Å². The first-order valence-corrected chi connectivity index (χ1v) is 6.24. The third-order valence-electron chi connectivity index (χ3n) is 1.84. The number of rotatable bonds is 5. The van der Waals surface area contributed by atoms with Gasteiger partial charge in [-0.05, 0) is 6.07 Å². The van der Waals surface area contributed by atoms with E-state index in [1.165, 1.54) is 6.07 Å². The Hall–Kier alpha value is -1.87. The second-order valence-electron chi connectivity index (χ2n) is 3.26. The Bertz CT molecular complexity index is 528. The van der Waals surface area contributed by atoms with Crippen molar-refractivity contribution < 1.29 is 18.3 Å². The average molecular weight is 260 g/mol. The number of carbonyl (C=O) groups is 1. The number of carboxylic acids is 1. The highest BCUT2D eigenvalue weighted by atomic mass is 32.2. The number of nitrogens with two attached hydrogens (primary N) is 2. The Kier molecular flexibility index (Phi) is 3.86. The molecule has 0 saturated carbocycles. The molecule has 0 spiro atoms. The summed E-state index contributed by atoms with van der Waals surface area (Å²) in [4.78, 5) is 14.4.